The SMILES string of the molecule is Cc1cnn(CCN2CC[C@]34CCN(CC5(O)CC5)[C@H](Cc5ccc(O)cc53)[C@]4(O)CC2)c1. The van der Waals surface area contributed by atoms with Crippen molar-refractivity contribution in [2.45, 2.75) is 74.7 Å². The van der Waals surface area contributed by atoms with Gasteiger partial charge in [-0.3, -0.25) is 9.58 Å². The van der Waals surface area contributed by atoms with E-state index < -0.39 is 11.2 Å². The van der Waals surface area contributed by atoms with Crippen LogP contribution in [0.1, 0.15) is 48.8 Å². The van der Waals surface area contributed by atoms with Crippen molar-refractivity contribution in [1.82, 2.24) is 19.6 Å². The van der Waals surface area contributed by atoms with Crippen molar-refractivity contribution in [3.8, 4) is 5.75 Å². The minimum absolute atomic E-state index is 0.00151. The summed E-state index contributed by atoms with van der Waals surface area (Å²) in [6.07, 6.45) is 8.93. The van der Waals surface area contributed by atoms with Crippen LogP contribution < -0.4 is 0 Å². The molecule has 0 amide bonds. The average molecular weight is 453 g/mol. The van der Waals surface area contributed by atoms with Gasteiger partial charge in [-0.1, -0.05) is 6.07 Å². The summed E-state index contributed by atoms with van der Waals surface area (Å²) in [4.78, 5) is 4.85. The van der Waals surface area contributed by atoms with E-state index in [2.05, 4.69) is 34.1 Å². The lowest BCUT2D eigenvalue weighted by Gasteiger charge is -2.61. The van der Waals surface area contributed by atoms with E-state index in [1.54, 1.807) is 6.07 Å². The lowest BCUT2D eigenvalue weighted by molar-refractivity contribution is -0.154. The van der Waals surface area contributed by atoms with Crippen LogP contribution in [0.15, 0.2) is 30.6 Å². The molecule has 0 unspecified atom stereocenters. The van der Waals surface area contributed by atoms with Gasteiger partial charge in [-0.2, -0.15) is 5.10 Å². The van der Waals surface area contributed by atoms with Gasteiger partial charge in [0.25, 0.3) is 0 Å². The number of aryl methyl sites for hydroxylation is 1. The molecule has 1 saturated carbocycles. The topological polar surface area (TPSA) is 85.0 Å². The first kappa shape index (κ1) is 21.6. The number of rotatable bonds is 5. The molecule has 0 spiro atoms. The highest BCUT2D eigenvalue weighted by Crippen LogP contribution is 2.57. The Balaban J connectivity index is 1.32. The van der Waals surface area contributed by atoms with Gasteiger partial charge in [0.15, 0.2) is 0 Å². The molecule has 1 aromatic carbocycles. The lowest BCUT2D eigenvalue weighted by atomic mass is 9.52. The van der Waals surface area contributed by atoms with Crippen LogP contribution in [0.5, 0.6) is 5.75 Å². The molecule has 1 aromatic heterocycles. The maximum atomic E-state index is 12.5. The number of aromatic hydroxyl groups is 1. The Morgan fingerprint density at radius 3 is 2.58 bits per heavy atom. The van der Waals surface area contributed by atoms with Crippen molar-refractivity contribution < 1.29 is 15.3 Å². The quantitative estimate of drug-likeness (QED) is 0.642. The van der Waals surface area contributed by atoms with Crippen molar-refractivity contribution >= 4 is 0 Å². The Hall–Kier alpha value is -1.93. The number of hydrogen-bond donors (Lipinski definition) is 3. The molecule has 7 nitrogen and oxygen atoms in total. The minimum Gasteiger partial charge on any atom is -0.508 e. The zero-order valence-electron chi connectivity index (χ0n) is 19.6. The minimum atomic E-state index is -0.867. The monoisotopic (exact) mass is 452 g/mol. The highest BCUT2D eigenvalue weighted by molar-refractivity contribution is 5.48. The van der Waals surface area contributed by atoms with E-state index in [1.165, 1.54) is 11.1 Å². The van der Waals surface area contributed by atoms with Crippen LogP contribution in [-0.4, -0.2) is 84.9 Å². The van der Waals surface area contributed by atoms with E-state index >= 15 is 0 Å². The number of likely N-dealkylation sites (tertiary alicyclic amines) is 2. The molecular formula is C26H36N4O3. The van der Waals surface area contributed by atoms with E-state index in [4.69, 9.17) is 0 Å². The van der Waals surface area contributed by atoms with Gasteiger partial charge in [0.05, 0.1) is 23.9 Å². The van der Waals surface area contributed by atoms with E-state index in [0.717, 1.165) is 70.4 Å². The largest absolute Gasteiger partial charge is 0.508 e. The van der Waals surface area contributed by atoms with Crippen LogP contribution in [0.25, 0.3) is 0 Å². The summed E-state index contributed by atoms with van der Waals surface area (Å²) in [5.74, 6) is 0.286. The van der Waals surface area contributed by atoms with Gasteiger partial charge in [0.2, 0.25) is 0 Å². The summed E-state index contributed by atoms with van der Waals surface area (Å²) in [6.45, 7) is 7.14. The Morgan fingerprint density at radius 2 is 1.82 bits per heavy atom. The van der Waals surface area contributed by atoms with Crippen molar-refractivity contribution in [2.75, 3.05) is 32.7 Å². The molecule has 3 fully saturated rings. The van der Waals surface area contributed by atoms with Crippen LogP contribution >= 0.6 is 0 Å². The molecule has 0 radical (unpaired) electrons. The summed E-state index contributed by atoms with van der Waals surface area (Å²) >= 11 is 0. The molecule has 7 heteroatoms. The molecule has 4 aliphatic rings. The predicted octanol–water partition coefficient (Wildman–Crippen LogP) is 1.82. The average Bonchev–Trinajstić information content (AvgIpc) is 3.40. The standard InChI is InChI=1S/C26H36N4O3/c1-19-16-27-30(17-19)13-12-28-9-6-25-7-11-29(18-24(32)4-5-24)23(26(25,33)8-10-28)14-20-2-3-21(31)15-22(20)25/h2-3,15-17,23,31-33H,4-14,18H2,1H3/t23-,25+,26-/m1/s1. The fraction of sp³-hybridized carbons (Fsp3) is 0.654. The molecule has 2 aromatic rings. The van der Waals surface area contributed by atoms with Crippen LogP contribution in [0.3, 0.4) is 0 Å². The lowest BCUT2D eigenvalue weighted by Crippen LogP contribution is -2.72. The Bertz CT molecular complexity index is 1050. The van der Waals surface area contributed by atoms with Crippen molar-refractivity contribution in [2.24, 2.45) is 0 Å². The molecule has 3 heterocycles. The predicted molar refractivity (Wildman–Crippen MR) is 125 cm³/mol. The Morgan fingerprint density at radius 1 is 1.03 bits per heavy atom. The summed E-state index contributed by atoms with van der Waals surface area (Å²) in [5.41, 5.74) is 1.78. The number of aromatic nitrogens is 2. The van der Waals surface area contributed by atoms with Crippen LogP contribution in [0.4, 0.5) is 0 Å². The van der Waals surface area contributed by atoms with Crippen LogP contribution in [0.2, 0.25) is 0 Å². The first-order valence-corrected chi connectivity index (χ1v) is 12.5. The maximum absolute atomic E-state index is 12.5. The number of β-amino-alcohol motifs (C(OH)–C–C–N with tert-alkyl or cyclic N) is 1. The van der Waals surface area contributed by atoms with E-state index in [9.17, 15) is 15.3 Å². The fourth-order valence-electron chi connectivity index (χ4n) is 6.99. The molecule has 3 atom stereocenters. The summed E-state index contributed by atoms with van der Waals surface area (Å²) in [7, 11) is 0. The van der Waals surface area contributed by atoms with Crippen LogP contribution in [-0.2, 0) is 18.4 Å². The smallest absolute Gasteiger partial charge is 0.115 e. The number of fused-ring (bicyclic) bond motifs is 1. The highest BCUT2D eigenvalue weighted by Gasteiger charge is 2.63. The number of hydrogen-bond acceptors (Lipinski definition) is 6. The number of piperidine rings is 1. The van der Waals surface area contributed by atoms with Gasteiger partial charge in [0.1, 0.15) is 5.75 Å². The van der Waals surface area contributed by atoms with Gasteiger partial charge < -0.3 is 20.2 Å². The van der Waals surface area contributed by atoms with Crippen molar-refractivity contribution in [1.29, 1.82) is 0 Å². The second-order valence-corrected chi connectivity index (χ2v) is 11.1. The zero-order chi connectivity index (χ0) is 22.8. The van der Waals surface area contributed by atoms with Gasteiger partial charge in [-0.05, 0) is 87.4 Å². The molecule has 178 valence electrons. The maximum Gasteiger partial charge on any atom is 0.115 e. The van der Waals surface area contributed by atoms with Crippen LogP contribution in [0, 0.1) is 6.92 Å². The van der Waals surface area contributed by atoms with E-state index in [1.807, 2.05) is 16.9 Å². The molecule has 2 aliphatic heterocycles. The molecule has 2 bridgehead atoms. The second-order valence-electron chi connectivity index (χ2n) is 11.1. The second kappa shape index (κ2) is 7.54. The summed E-state index contributed by atoms with van der Waals surface area (Å²) in [5, 5.41) is 38.0. The summed E-state index contributed by atoms with van der Waals surface area (Å²) in [6, 6.07) is 5.75. The van der Waals surface area contributed by atoms with E-state index in [-0.39, 0.29) is 17.2 Å². The first-order chi connectivity index (χ1) is 15.8. The zero-order valence-corrected chi connectivity index (χ0v) is 19.6. The number of phenolic OH excluding ortho intramolecular Hbond substituents is 1. The fourth-order valence-corrected chi connectivity index (χ4v) is 6.99. The summed E-state index contributed by atoms with van der Waals surface area (Å²) < 4.78 is 2.00. The number of phenols is 1. The molecule has 33 heavy (non-hydrogen) atoms. The third-order valence-electron chi connectivity index (χ3n) is 9.07. The molecule has 3 N–H and O–H groups in total. The normalized spacial score (nSPS) is 33.2. The Kier molecular flexibility index (Phi) is 4.93. The Labute approximate surface area is 195 Å². The number of benzene rings is 1. The van der Waals surface area contributed by atoms with Gasteiger partial charge >= 0.3 is 0 Å². The highest BCUT2D eigenvalue weighted by atomic mass is 16.3. The van der Waals surface area contributed by atoms with E-state index in [0.29, 0.717) is 13.0 Å². The first-order valence-electron chi connectivity index (χ1n) is 12.5. The molecular weight excluding hydrogens is 416 g/mol. The van der Waals surface area contributed by atoms with Gasteiger partial charge in [-0.25, -0.2) is 0 Å². The molecule has 6 rings (SSSR count). The number of aliphatic hydroxyl groups is 2. The molecule has 2 aliphatic carbocycles. The third kappa shape index (κ3) is 3.52. The molecule has 2 saturated heterocycles. The van der Waals surface area contributed by atoms with Crippen molar-refractivity contribution in [3.05, 3.63) is 47.3 Å². The van der Waals surface area contributed by atoms with Crippen molar-refractivity contribution in [3.63, 3.8) is 0 Å². The number of nitrogens with zero attached hydrogens (tertiary/aromatic N) is 4. The van der Waals surface area contributed by atoms with Gasteiger partial charge in [0, 0.05) is 37.3 Å². The van der Waals surface area contributed by atoms with Gasteiger partial charge in [-0.15, -0.1) is 0 Å². The third-order valence-corrected chi connectivity index (χ3v) is 9.07.